The van der Waals surface area contributed by atoms with Crippen molar-refractivity contribution in [1.29, 1.82) is 0 Å². The molecule has 2 N–H and O–H groups in total. The summed E-state index contributed by atoms with van der Waals surface area (Å²) < 4.78 is 342. The SMILES string of the molecule is FC(F)(F)c1cc([B-](c2cc(C(F)(F)F)cc(C(F)(F)F)c2)(c2cc(C(F)(F)F)cc(C(F)(F)F)c2)c2cc(C(F)(F)F)cc(C(F)(F)F)c2)cc(C(F)(F)F)c1.NC(=O)c1c2ccccc2cc[n+]1CC(=O)c1ccccc1. The van der Waals surface area contributed by atoms with E-state index in [2.05, 4.69) is 0 Å². The van der Waals surface area contributed by atoms with Crippen molar-refractivity contribution in [3.63, 3.8) is 0 Å². The third-order valence-corrected chi connectivity index (χ3v) is 12.0. The number of hydrogen-bond donors (Lipinski definition) is 1. The van der Waals surface area contributed by atoms with Gasteiger partial charge in [0.2, 0.25) is 12.3 Å². The molecule has 1 heterocycles. The van der Waals surface area contributed by atoms with Crippen LogP contribution in [-0.2, 0) is 56.0 Å². The van der Waals surface area contributed by atoms with Gasteiger partial charge in [-0.1, -0.05) is 97.1 Å². The van der Waals surface area contributed by atoms with Crippen LogP contribution in [0.4, 0.5) is 105 Å². The second kappa shape index (κ2) is 20.8. The number of Topliss-reactive ketones (excluding diaryl/α,β-unsaturated/α-hetero) is 1. The number of carbonyl (C=O) groups is 2. The summed E-state index contributed by atoms with van der Waals surface area (Å²) in [6.07, 6.45) is -53.1. The van der Waals surface area contributed by atoms with Gasteiger partial charge in [-0.05, 0) is 35.7 Å². The number of rotatable bonds is 8. The van der Waals surface area contributed by atoms with Crippen LogP contribution >= 0.6 is 0 Å². The lowest BCUT2D eigenvalue weighted by Crippen LogP contribution is -2.75. The zero-order chi connectivity index (χ0) is 59.4. The van der Waals surface area contributed by atoms with Crippen molar-refractivity contribution in [2.45, 2.75) is 56.0 Å². The highest BCUT2D eigenvalue weighted by molar-refractivity contribution is 7.20. The number of nitrogens with zero attached hydrogens (tertiary/aromatic N) is 1. The van der Waals surface area contributed by atoms with Crippen molar-refractivity contribution in [3.8, 4) is 0 Å². The Morgan fingerprint density at radius 1 is 0.367 bits per heavy atom. The molecule has 7 aromatic rings. The van der Waals surface area contributed by atoms with E-state index in [0.717, 1.165) is 10.8 Å². The first kappa shape index (κ1) is 60.5. The molecule has 0 aliphatic rings. The zero-order valence-electron chi connectivity index (χ0n) is 38.5. The van der Waals surface area contributed by atoms with E-state index in [-0.39, 0.29) is 12.3 Å². The molecular formula is C50H27BF24N2O2. The van der Waals surface area contributed by atoms with Gasteiger partial charge in [-0.2, -0.15) is 132 Å². The minimum Gasteiger partial charge on any atom is -0.360 e. The molecule has 0 unspecified atom stereocenters. The quantitative estimate of drug-likeness (QED) is 0.0713. The van der Waals surface area contributed by atoms with E-state index in [1.165, 1.54) is 0 Å². The summed E-state index contributed by atoms with van der Waals surface area (Å²) in [6.45, 7) is 0.0765. The number of benzene rings is 6. The molecule has 0 saturated carbocycles. The van der Waals surface area contributed by atoms with E-state index in [9.17, 15) is 115 Å². The van der Waals surface area contributed by atoms with Crippen LogP contribution in [0.3, 0.4) is 0 Å². The fraction of sp³-hybridized carbons (Fsp3) is 0.180. The third-order valence-electron chi connectivity index (χ3n) is 12.0. The monoisotopic (exact) mass is 1150 g/mol. The average Bonchev–Trinajstić information content (AvgIpc) is 3.53. The zero-order valence-corrected chi connectivity index (χ0v) is 38.5. The molecule has 7 rings (SSSR count). The fourth-order valence-corrected chi connectivity index (χ4v) is 8.60. The standard InChI is InChI=1S/C32H12BF24.C18H14N2O2/c34-25(35,36)13-1-14(26(37,38)39)6-21(5-13)33(22-7-15(27(40,41)42)2-16(8-22)28(43,44)45,23-9-17(29(46,47)48)3-18(10-23)30(49,50)51)24-11-19(31(52,53)54)4-20(12-24)32(55,56)57;19-18(22)17-15-9-5-4-6-13(15)10-11-20(17)12-16(21)14-7-2-1-3-8-14/h1-12H;1-11H,12H2,(H-,19,22)/q-1;/p+1. The molecule has 6 aromatic carbocycles. The van der Waals surface area contributed by atoms with Crippen LogP contribution in [0.15, 0.2) is 140 Å². The summed E-state index contributed by atoms with van der Waals surface area (Å²) >= 11 is 0. The van der Waals surface area contributed by atoms with Crippen molar-refractivity contribution < 1.29 is 120 Å². The van der Waals surface area contributed by atoms with Gasteiger partial charge in [0.05, 0.1) is 49.9 Å². The third kappa shape index (κ3) is 13.4. The number of pyridine rings is 1. The molecule has 4 nitrogen and oxygen atoms in total. The Balaban J connectivity index is 0.000000378. The van der Waals surface area contributed by atoms with Crippen LogP contribution < -0.4 is 32.2 Å². The Bertz CT molecular complexity index is 2990. The Morgan fingerprint density at radius 3 is 0.899 bits per heavy atom. The summed E-state index contributed by atoms with van der Waals surface area (Å²) in [6, 6.07) is 9.54. The summed E-state index contributed by atoms with van der Waals surface area (Å²) in [5.41, 5.74) is -23.7. The van der Waals surface area contributed by atoms with Gasteiger partial charge in [0.1, 0.15) is 6.15 Å². The summed E-state index contributed by atoms with van der Waals surface area (Å²) in [5.74, 6) is -0.610. The second-order valence-corrected chi connectivity index (χ2v) is 17.3. The number of amides is 1. The number of fused-ring (bicyclic) bond motifs is 1. The van der Waals surface area contributed by atoms with Gasteiger partial charge in [-0.15, -0.1) is 0 Å². The molecule has 0 bridgehead atoms. The number of primary amides is 1. The number of hydrogen-bond acceptors (Lipinski definition) is 2. The predicted molar refractivity (Wildman–Crippen MR) is 234 cm³/mol. The molecule has 1 aromatic heterocycles. The van der Waals surface area contributed by atoms with Gasteiger partial charge < -0.3 is 5.73 Å². The van der Waals surface area contributed by atoms with Crippen molar-refractivity contribution >= 4 is 50.5 Å². The molecule has 0 atom stereocenters. The van der Waals surface area contributed by atoms with Crippen molar-refractivity contribution in [3.05, 3.63) is 195 Å². The summed E-state index contributed by atoms with van der Waals surface area (Å²) in [7, 11) is 0. The van der Waals surface area contributed by atoms with Crippen molar-refractivity contribution in [2.75, 3.05) is 0 Å². The number of halogens is 24. The van der Waals surface area contributed by atoms with Crippen molar-refractivity contribution in [1.82, 2.24) is 0 Å². The first-order valence-electron chi connectivity index (χ1n) is 21.6. The Kier molecular flexibility index (Phi) is 15.9. The molecule has 0 fully saturated rings. The van der Waals surface area contributed by atoms with Gasteiger partial charge >= 0.3 is 55.3 Å². The van der Waals surface area contributed by atoms with E-state index in [1.54, 1.807) is 22.9 Å². The molecule has 420 valence electrons. The van der Waals surface area contributed by atoms with Gasteiger partial charge in [-0.3, -0.25) is 9.59 Å². The second-order valence-electron chi connectivity index (χ2n) is 17.3. The van der Waals surface area contributed by atoms with E-state index in [0.29, 0.717) is 11.3 Å². The number of alkyl halides is 24. The molecule has 0 aliphatic heterocycles. The van der Waals surface area contributed by atoms with Gasteiger partial charge in [-0.25, -0.2) is 0 Å². The number of carbonyl (C=O) groups excluding carboxylic acids is 2. The molecule has 29 heteroatoms. The number of aromatic nitrogens is 1. The van der Waals surface area contributed by atoms with Gasteiger partial charge in [0, 0.05) is 11.6 Å². The summed E-state index contributed by atoms with van der Waals surface area (Å²) in [5, 5.41) is 1.66. The molecule has 0 radical (unpaired) electrons. The van der Waals surface area contributed by atoms with Crippen LogP contribution in [0.1, 0.15) is 65.4 Å². The topological polar surface area (TPSA) is 64.0 Å². The van der Waals surface area contributed by atoms with Gasteiger partial charge in [0.15, 0.2) is 6.20 Å². The smallest absolute Gasteiger partial charge is 0.360 e. The lowest BCUT2D eigenvalue weighted by Gasteiger charge is -2.46. The van der Waals surface area contributed by atoms with Crippen LogP contribution in [0.5, 0.6) is 0 Å². The van der Waals surface area contributed by atoms with Crippen LogP contribution in [0.25, 0.3) is 10.8 Å². The average molecular weight is 1150 g/mol. The first-order valence-corrected chi connectivity index (χ1v) is 21.6. The minimum atomic E-state index is -6.13. The maximum atomic E-state index is 14.2. The highest BCUT2D eigenvalue weighted by Crippen LogP contribution is 2.41. The van der Waals surface area contributed by atoms with Crippen LogP contribution in [0, 0.1) is 0 Å². The predicted octanol–water partition coefficient (Wildman–Crippen LogP) is 13.3. The number of nitrogens with two attached hydrogens (primary N) is 1. The van der Waals surface area contributed by atoms with Crippen LogP contribution in [-0.4, -0.2) is 17.8 Å². The lowest BCUT2D eigenvalue weighted by molar-refractivity contribution is -0.683. The minimum absolute atomic E-state index is 0.0663. The maximum Gasteiger partial charge on any atom is 0.416 e. The fourth-order valence-electron chi connectivity index (χ4n) is 8.60. The molecule has 0 spiro atoms. The largest absolute Gasteiger partial charge is 0.416 e. The number of ketones is 1. The highest BCUT2D eigenvalue weighted by atomic mass is 19.4. The normalized spacial score (nSPS) is 13.3. The van der Waals surface area contributed by atoms with E-state index < -0.39 is 201 Å². The molecular weight excluding hydrogens is 1130 g/mol. The van der Waals surface area contributed by atoms with Crippen molar-refractivity contribution in [2.24, 2.45) is 5.73 Å². The molecule has 0 saturated heterocycles. The van der Waals surface area contributed by atoms with Crippen LogP contribution in [0.2, 0.25) is 0 Å². The molecule has 1 amide bonds. The van der Waals surface area contributed by atoms with E-state index >= 15 is 0 Å². The Hall–Kier alpha value is -7.75. The first-order chi connectivity index (χ1) is 35.9. The maximum absolute atomic E-state index is 14.2. The highest BCUT2D eigenvalue weighted by Gasteiger charge is 2.47. The van der Waals surface area contributed by atoms with E-state index in [4.69, 9.17) is 5.73 Å². The van der Waals surface area contributed by atoms with E-state index in [1.807, 2.05) is 48.5 Å². The Morgan fingerprint density at radius 2 is 0.633 bits per heavy atom. The lowest BCUT2D eigenvalue weighted by atomic mass is 9.12. The van der Waals surface area contributed by atoms with Gasteiger partial charge in [0.25, 0.3) is 5.69 Å². The Labute approximate surface area is 426 Å². The molecule has 0 aliphatic carbocycles. The summed E-state index contributed by atoms with van der Waals surface area (Å²) in [4.78, 5) is 24.2. The molecule has 79 heavy (non-hydrogen) atoms.